The van der Waals surface area contributed by atoms with Gasteiger partial charge >= 0.3 is 0 Å². The van der Waals surface area contributed by atoms with Crippen molar-refractivity contribution in [1.29, 1.82) is 0 Å². The van der Waals surface area contributed by atoms with Crippen LogP contribution in [-0.2, 0) is 15.8 Å². The highest BCUT2D eigenvalue weighted by Gasteiger charge is 2.44. The van der Waals surface area contributed by atoms with Crippen molar-refractivity contribution in [2.75, 3.05) is 6.54 Å². The number of hydrogen-bond donors (Lipinski definition) is 0. The van der Waals surface area contributed by atoms with E-state index in [-0.39, 0.29) is 5.91 Å². The molecule has 0 aromatic heterocycles. The second kappa shape index (κ2) is 16.0. The van der Waals surface area contributed by atoms with E-state index in [0.717, 1.165) is 12.8 Å². The van der Waals surface area contributed by atoms with E-state index >= 15 is 0 Å². The van der Waals surface area contributed by atoms with Crippen LogP contribution in [0.3, 0.4) is 0 Å². The van der Waals surface area contributed by atoms with Crippen LogP contribution in [0.25, 0.3) is 0 Å². The minimum absolute atomic E-state index is 0.282. The second-order valence-electron chi connectivity index (χ2n) is 7.77. The first-order valence-electron chi connectivity index (χ1n) is 11.1. The van der Waals surface area contributed by atoms with E-state index in [4.69, 9.17) is 23.2 Å². The molecule has 0 N–H and O–H groups in total. The first kappa shape index (κ1) is 25.2. The summed E-state index contributed by atoms with van der Waals surface area (Å²) in [6.45, 7) is 2.78. The van der Waals surface area contributed by atoms with Crippen LogP contribution in [0.15, 0.2) is 0 Å². The lowest BCUT2D eigenvalue weighted by atomic mass is 10.0. The average Bonchev–Trinajstić information content (AvgIpc) is 2.85. The van der Waals surface area contributed by atoms with Crippen molar-refractivity contribution in [2.24, 2.45) is 0 Å². The fraction of sp³-hybridized carbons (Fsp3) is 0.952. The van der Waals surface area contributed by atoms with E-state index in [0.29, 0.717) is 6.54 Å². The number of carbonyl (C=O) groups is 1. The van der Waals surface area contributed by atoms with Crippen LogP contribution in [0.2, 0.25) is 0 Å². The molecule has 1 fully saturated rings. The quantitative estimate of drug-likeness (QED) is 0.182. The van der Waals surface area contributed by atoms with Gasteiger partial charge in [0.15, 0.2) is 4.71 Å². The third-order valence-corrected chi connectivity index (χ3v) is 8.22. The summed E-state index contributed by atoms with van der Waals surface area (Å²) < 4.78 is 12.5. The van der Waals surface area contributed by atoms with Crippen molar-refractivity contribution < 1.29 is 9.00 Å². The van der Waals surface area contributed by atoms with Crippen molar-refractivity contribution >= 4 is 40.1 Å². The lowest BCUT2D eigenvalue weighted by molar-refractivity contribution is -0.124. The first-order chi connectivity index (χ1) is 13.1. The van der Waals surface area contributed by atoms with Gasteiger partial charge in [0.05, 0.1) is 0 Å². The number of nitrogens with zero attached hydrogens (tertiary/aromatic N) is 1. The zero-order chi connectivity index (χ0) is 19.9. The van der Waals surface area contributed by atoms with Gasteiger partial charge in [-0.25, -0.2) is 4.21 Å². The van der Waals surface area contributed by atoms with Crippen molar-refractivity contribution in [3.8, 4) is 0 Å². The van der Waals surface area contributed by atoms with Gasteiger partial charge in [0, 0.05) is 6.54 Å². The van der Waals surface area contributed by atoms with Gasteiger partial charge in [0.1, 0.15) is 16.4 Å². The minimum atomic E-state index is -1.47. The van der Waals surface area contributed by atoms with Crippen LogP contribution < -0.4 is 0 Å². The van der Waals surface area contributed by atoms with Crippen molar-refractivity contribution in [3.05, 3.63) is 0 Å². The van der Waals surface area contributed by atoms with Gasteiger partial charge in [0.25, 0.3) is 5.91 Å². The molecule has 1 aliphatic heterocycles. The number of rotatable bonds is 17. The largest absolute Gasteiger partial charge is 0.272 e. The van der Waals surface area contributed by atoms with Crippen LogP contribution in [0.5, 0.6) is 0 Å². The summed E-state index contributed by atoms with van der Waals surface area (Å²) in [6, 6.07) is 0. The molecule has 3 nitrogen and oxygen atoms in total. The maximum Gasteiger partial charge on any atom is 0.254 e. The molecule has 0 radical (unpaired) electrons. The highest BCUT2D eigenvalue weighted by atomic mass is 35.5. The Bertz CT molecular complexity index is 403. The van der Waals surface area contributed by atoms with Gasteiger partial charge in [-0.3, -0.25) is 9.10 Å². The Labute approximate surface area is 179 Å². The van der Waals surface area contributed by atoms with Crippen molar-refractivity contribution in [3.63, 3.8) is 0 Å². The standard InChI is InChI=1S/C21H39Cl2NO2S/c1-2-3-4-5-6-7-8-9-10-11-12-13-14-15-16-17-18-24-21(25)19(22)20(23)27(24)26/h19-20H,2-18H2,1H3. The molecule has 1 amide bonds. The number of halogens is 2. The Hall–Kier alpha value is 0.200. The first-order valence-corrected chi connectivity index (χ1v) is 13.1. The van der Waals surface area contributed by atoms with E-state index in [1.165, 1.54) is 94.2 Å². The molecule has 0 spiro atoms. The van der Waals surface area contributed by atoms with Gasteiger partial charge < -0.3 is 0 Å². The number of hydrogen-bond acceptors (Lipinski definition) is 2. The van der Waals surface area contributed by atoms with Crippen LogP contribution in [0, 0.1) is 0 Å². The summed E-state index contributed by atoms with van der Waals surface area (Å²) in [7, 11) is -1.47. The molecule has 0 aromatic rings. The molecule has 1 aliphatic rings. The van der Waals surface area contributed by atoms with Gasteiger partial charge in [0.2, 0.25) is 0 Å². The SMILES string of the molecule is CCCCCCCCCCCCCCCCCCN1C(=O)C(Cl)C(Cl)S1=O. The van der Waals surface area contributed by atoms with Gasteiger partial charge in [-0.05, 0) is 6.42 Å². The molecule has 0 saturated carbocycles. The van der Waals surface area contributed by atoms with E-state index in [1.807, 2.05) is 0 Å². The minimum Gasteiger partial charge on any atom is -0.272 e. The summed E-state index contributed by atoms with van der Waals surface area (Å²) >= 11 is 11.7. The topological polar surface area (TPSA) is 37.4 Å². The second-order valence-corrected chi connectivity index (χ2v) is 10.5. The molecule has 27 heavy (non-hydrogen) atoms. The van der Waals surface area contributed by atoms with Crippen molar-refractivity contribution in [2.45, 2.75) is 120 Å². The van der Waals surface area contributed by atoms with Gasteiger partial charge in [-0.2, -0.15) is 0 Å². The fourth-order valence-electron chi connectivity index (χ4n) is 3.57. The molecular weight excluding hydrogens is 401 g/mol. The highest BCUT2D eigenvalue weighted by molar-refractivity contribution is 7.86. The monoisotopic (exact) mass is 439 g/mol. The normalized spacial score (nSPS) is 22.7. The molecule has 3 atom stereocenters. The van der Waals surface area contributed by atoms with Crippen LogP contribution in [0.4, 0.5) is 0 Å². The van der Waals surface area contributed by atoms with E-state index in [1.54, 1.807) is 0 Å². The Morgan fingerprint density at radius 1 is 0.741 bits per heavy atom. The third-order valence-electron chi connectivity index (χ3n) is 5.34. The smallest absolute Gasteiger partial charge is 0.254 e. The Morgan fingerprint density at radius 2 is 1.11 bits per heavy atom. The Kier molecular flexibility index (Phi) is 15.0. The number of alkyl halides is 2. The highest BCUT2D eigenvalue weighted by Crippen LogP contribution is 2.27. The predicted octanol–water partition coefficient (Wildman–Crippen LogP) is 6.93. The molecule has 6 heteroatoms. The molecule has 1 rings (SSSR count). The Balaban J connectivity index is 1.82. The number of carbonyl (C=O) groups excluding carboxylic acids is 1. The summed E-state index contributed by atoms with van der Waals surface area (Å²) in [5.74, 6) is -0.282. The summed E-state index contributed by atoms with van der Waals surface area (Å²) in [6.07, 6.45) is 21.0. The van der Waals surface area contributed by atoms with Crippen LogP contribution in [-0.4, -0.2) is 31.1 Å². The predicted molar refractivity (Wildman–Crippen MR) is 119 cm³/mol. The molecule has 0 aromatic carbocycles. The van der Waals surface area contributed by atoms with Crippen LogP contribution >= 0.6 is 23.2 Å². The number of unbranched alkanes of at least 4 members (excludes halogenated alkanes) is 15. The lowest BCUT2D eigenvalue weighted by Crippen LogP contribution is -2.29. The summed E-state index contributed by atoms with van der Waals surface area (Å²) in [4.78, 5) is 11.8. The molecule has 1 heterocycles. The number of amides is 1. The molecule has 1 saturated heterocycles. The average molecular weight is 441 g/mol. The molecule has 160 valence electrons. The lowest BCUT2D eigenvalue weighted by Gasteiger charge is -2.13. The summed E-state index contributed by atoms with van der Waals surface area (Å²) in [5, 5.41) is -0.839. The summed E-state index contributed by atoms with van der Waals surface area (Å²) in [5.41, 5.74) is 0. The molecule has 3 unspecified atom stereocenters. The molecule has 0 aliphatic carbocycles. The van der Waals surface area contributed by atoms with E-state index < -0.39 is 21.1 Å². The fourth-order valence-corrected chi connectivity index (χ4v) is 5.57. The zero-order valence-corrected chi connectivity index (χ0v) is 19.4. The molecular formula is C21H39Cl2NO2S. The zero-order valence-electron chi connectivity index (χ0n) is 17.1. The van der Waals surface area contributed by atoms with Crippen molar-refractivity contribution in [1.82, 2.24) is 4.31 Å². The maximum atomic E-state index is 11.9. The molecule has 0 bridgehead atoms. The Morgan fingerprint density at radius 3 is 1.44 bits per heavy atom. The van der Waals surface area contributed by atoms with Gasteiger partial charge in [-0.1, -0.05) is 103 Å². The van der Waals surface area contributed by atoms with Crippen LogP contribution in [0.1, 0.15) is 110 Å². The maximum absolute atomic E-state index is 11.9. The van der Waals surface area contributed by atoms with E-state index in [2.05, 4.69) is 6.92 Å². The van der Waals surface area contributed by atoms with Gasteiger partial charge in [-0.15, -0.1) is 23.2 Å². The third kappa shape index (κ3) is 10.5. The van der Waals surface area contributed by atoms with E-state index in [9.17, 15) is 9.00 Å².